The third-order valence-corrected chi connectivity index (χ3v) is 4.42. The Hall–Kier alpha value is -2.47. The van der Waals surface area contributed by atoms with Crippen molar-refractivity contribution in [3.05, 3.63) is 53.0 Å². The maximum Gasteiger partial charge on any atom is 0.270 e. The van der Waals surface area contributed by atoms with Crippen LogP contribution in [0.5, 0.6) is 0 Å². The van der Waals surface area contributed by atoms with Crippen LogP contribution in [0.3, 0.4) is 0 Å². The average Bonchev–Trinajstić information content (AvgIpc) is 2.60. The second kappa shape index (κ2) is 7.61. The van der Waals surface area contributed by atoms with Crippen molar-refractivity contribution in [2.75, 3.05) is 38.1 Å². The second-order valence-corrected chi connectivity index (χ2v) is 6.62. The van der Waals surface area contributed by atoms with Gasteiger partial charge in [-0.2, -0.15) is 0 Å². The zero-order chi connectivity index (χ0) is 17.8. The molecule has 1 saturated heterocycles. The van der Waals surface area contributed by atoms with Crippen LogP contribution >= 0.6 is 0 Å². The Balaban J connectivity index is 1.69. The topological polar surface area (TPSA) is 61.4 Å². The van der Waals surface area contributed by atoms with E-state index in [0.717, 1.165) is 37.6 Å². The van der Waals surface area contributed by atoms with Gasteiger partial charge in [0.2, 0.25) is 0 Å². The lowest BCUT2D eigenvalue weighted by Gasteiger charge is -2.33. The van der Waals surface area contributed by atoms with Crippen molar-refractivity contribution in [2.24, 2.45) is 0 Å². The first kappa shape index (κ1) is 17.4. The molecule has 0 bridgehead atoms. The minimum atomic E-state index is -0.164. The number of amides is 1. The number of piperazine rings is 1. The highest BCUT2D eigenvalue weighted by Gasteiger charge is 2.18. The monoisotopic (exact) mass is 339 g/mol. The molecule has 0 radical (unpaired) electrons. The number of aromatic nitrogens is 2. The van der Waals surface area contributed by atoms with Crippen LogP contribution in [0.25, 0.3) is 0 Å². The summed E-state index contributed by atoms with van der Waals surface area (Å²) in [5.41, 5.74) is 2.69. The Morgan fingerprint density at radius 2 is 1.88 bits per heavy atom. The van der Waals surface area contributed by atoms with Gasteiger partial charge in [0, 0.05) is 38.8 Å². The number of benzene rings is 1. The number of nitrogens with one attached hydrogen (secondary N) is 1. The van der Waals surface area contributed by atoms with Crippen LogP contribution in [0.15, 0.2) is 30.3 Å². The maximum atomic E-state index is 12.5. The summed E-state index contributed by atoms with van der Waals surface area (Å²) in [5.74, 6) is 1.29. The fraction of sp³-hybridized carbons (Fsp3) is 0.421. The van der Waals surface area contributed by atoms with E-state index in [0.29, 0.717) is 18.1 Å². The normalized spacial score (nSPS) is 15.2. The fourth-order valence-electron chi connectivity index (χ4n) is 2.96. The number of anilines is 1. The molecule has 1 amide bonds. The molecule has 1 aromatic heterocycles. The lowest BCUT2D eigenvalue weighted by atomic mass is 10.1. The molecule has 132 valence electrons. The number of likely N-dealkylation sites (N-methyl/N-ethyl adjacent to an activating group) is 1. The molecular formula is C19H25N5O. The summed E-state index contributed by atoms with van der Waals surface area (Å²) in [4.78, 5) is 25.8. The van der Waals surface area contributed by atoms with Crippen LogP contribution in [0.4, 0.5) is 5.82 Å². The van der Waals surface area contributed by atoms with Gasteiger partial charge in [-0.3, -0.25) is 4.79 Å². The molecule has 2 heterocycles. The predicted octanol–water partition coefficient (Wildman–Crippen LogP) is 1.78. The number of hydrogen-bond acceptors (Lipinski definition) is 5. The van der Waals surface area contributed by atoms with Crippen LogP contribution in [0.2, 0.25) is 0 Å². The molecule has 0 spiro atoms. The Labute approximate surface area is 148 Å². The van der Waals surface area contributed by atoms with E-state index < -0.39 is 0 Å². The average molecular weight is 339 g/mol. The Morgan fingerprint density at radius 3 is 2.60 bits per heavy atom. The fourth-order valence-corrected chi connectivity index (χ4v) is 2.96. The standard InChI is InChI=1S/C19H25N5O/c1-14-5-4-6-16(11-14)13-20-19(25)17-12-18(22-15(2)21-17)24-9-7-23(3)8-10-24/h4-6,11-12H,7-10,13H2,1-3H3,(H,20,25). The number of nitrogens with zero attached hydrogens (tertiary/aromatic N) is 4. The first-order chi connectivity index (χ1) is 12.0. The van der Waals surface area contributed by atoms with E-state index in [9.17, 15) is 4.79 Å². The molecule has 0 atom stereocenters. The van der Waals surface area contributed by atoms with Crippen molar-refractivity contribution < 1.29 is 4.79 Å². The highest BCUT2D eigenvalue weighted by molar-refractivity contribution is 5.92. The molecule has 0 aliphatic carbocycles. The van der Waals surface area contributed by atoms with Gasteiger partial charge in [0.1, 0.15) is 17.3 Å². The summed E-state index contributed by atoms with van der Waals surface area (Å²) in [5, 5.41) is 2.95. The van der Waals surface area contributed by atoms with Crippen LogP contribution in [-0.4, -0.2) is 54.0 Å². The number of aryl methyl sites for hydroxylation is 2. The number of rotatable bonds is 4. The molecule has 1 aliphatic rings. The van der Waals surface area contributed by atoms with Crippen LogP contribution in [-0.2, 0) is 6.54 Å². The summed E-state index contributed by atoms with van der Waals surface area (Å²) in [6, 6.07) is 9.91. The molecule has 1 aliphatic heterocycles. The van der Waals surface area contributed by atoms with Gasteiger partial charge in [-0.1, -0.05) is 29.8 Å². The van der Waals surface area contributed by atoms with Crippen LogP contribution < -0.4 is 10.2 Å². The Bertz CT molecular complexity index is 753. The van der Waals surface area contributed by atoms with Crippen molar-refractivity contribution in [3.63, 3.8) is 0 Å². The van der Waals surface area contributed by atoms with E-state index in [-0.39, 0.29) is 5.91 Å². The smallest absolute Gasteiger partial charge is 0.270 e. The molecule has 1 N–H and O–H groups in total. The Kier molecular flexibility index (Phi) is 5.28. The molecule has 6 heteroatoms. The van der Waals surface area contributed by atoms with Crippen molar-refractivity contribution in [3.8, 4) is 0 Å². The van der Waals surface area contributed by atoms with Crippen molar-refractivity contribution in [2.45, 2.75) is 20.4 Å². The summed E-state index contributed by atoms with van der Waals surface area (Å²) < 4.78 is 0. The minimum absolute atomic E-state index is 0.164. The van der Waals surface area contributed by atoms with Gasteiger partial charge in [-0.05, 0) is 26.5 Å². The quantitative estimate of drug-likeness (QED) is 0.920. The first-order valence-electron chi connectivity index (χ1n) is 8.64. The van der Waals surface area contributed by atoms with E-state index in [1.807, 2.05) is 32.0 Å². The van der Waals surface area contributed by atoms with Gasteiger partial charge in [-0.15, -0.1) is 0 Å². The van der Waals surface area contributed by atoms with E-state index in [4.69, 9.17) is 0 Å². The van der Waals surface area contributed by atoms with Gasteiger partial charge >= 0.3 is 0 Å². The Morgan fingerprint density at radius 1 is 1.12 bits per heavy atom. The van der Waals surface area contributed by atoms with Gasteiger partial charge in [0.25, 0.3) is 5.91 Å². The van der Waals surface area contributed by atoms with Crippen LogP contribution in [0.1, 0.15) is 27.4 Å². The van der Waals surface area contributed by atoms with Crippen molar-refractivity contribution in [1.29, 1.82) is 0 Å². The predicted molar refractivity (Wildman–Crippen MR) is 98.8 cm³/mol. The number of carbonyl (C=O) groups is 1. The number of hydrogen-bond donors (Lipinski definition) is 1. The zero-order valence-electron chi connectivity index (χ0n) is 15.1. The highest BCUT2D eigenvalue weighted by Crippen LogP contribution is 2.15. The molecule has 3 rings (SSSR count). The molecule has 2 aromatic rings. The third-order valence-electron chi connectivity index (χ3n) is 4.42. The van der Waals surface area contributed by atoms with E-state index in [1.54, 1.807) is 6.07 Å². The van der Waals surface area contributed by atoms with Crippen LogP contribution in [0, 0.1) is 13.8 Å². The van der Waals surface area contributed by atoms with E-state index in [2.05, 4.69) is 38.2 Å². The van der Waals surface area contributed by atoms with E-state index in [1.165, 1.54) is 5.56 Å². The van der Waals surface area contributed by atoms with Gasteiger partial charge in [0.05, 0.1) is 0 Å². The zero-order valence-corrected chi connectivity index (χ0v) is 15.1. The van der Waals surface area contributed by atoms with Crippen molar-refractivity contribution in [1.82, 2.24) is 20.2 Å². The first-order valence-corrected chi connectivity index (χ1v) is 8.64. The molecular weight excluding hydrogens is 314 g/mol. The molecule has 0 unspecified atom stereocenters. The minimum Gasteiger partial charge on any atom is -0.354 e. The molecule has 1 aromatic carbocycles. The highest BCUT2D eigenvalue weighted by atomic mass is 16.1. The SMILES string of the molecule is Cc1cccc(CNC(=O)c2cc(N3CCN(C)CC3)nc(C)n2)c1. The number of carbonyl (C=O) groups excluding carboxylic acids is 1. The lowest BCUT2D eigenvalue weighted by Crippen LogP contribution is -2.45. The second-order valence-electron chi connectivity index (χ2n) is 6.62. The molecule has 6 nitrogen and oxygen atoms in total. The summed E-state index contributed by atoms with van der Waals surface area (Å²) in [6.07, 6.45) is 0. The molecule has 1 fully saturated rings. The van der Waals surface area contributed by atoms with Gasteiger partial charge < -0.3 is 15.1 Å². The molecule has 25 heavy (non-hydrogen) atoms. The third kappa shape index (κ3) is 4.54. The maximum absolute atomic E-state index is 12.5. The lowest BCUT2D eigenvalue weighted by molar-refractivity contribution is 0.0945. The van der Waals surface area contributed by atoms with Crippen molar-refractivity contribution >= 4 is 11.7 Å². The summed E-state index contributed by atoms with van der Waals surface area (Å²) >= 11 is 0. The summed E-state index contributed by atoms with van der Waals surface area (Å²) in [6.45, 7) is 8.19. The van der Waals surface area contributed by atoms with Gasteiger partial charge in [-0.25, -0.2) is 9.97 Å². The molecule has 0 saturated carbocycles. The van der Waals surface area contributed by atoms with E-state index >= 15 is 0 Å². The largest absolute Gasteiger partial charge is 0.354 e. The summed E-state index contributed by atoms with van der Waals surface area (Å²) in [7, 11) is 2.12. The van der Waals surface area contributed by atoms with Gasteiger partial charge in [0.15, 0.2) is 0 Å².